The lowest BCUT2D eigenvalue weighted by Gasteiger charge is -2.29. The van der Waals surface area contributed by atoms with E-state index in [0.29, 0.717) is 30.3 Å². The molecule has 0 aliphatic carbocycles. The van der Waals surface area contributed by atoms with Crippen LogP contribution in [0.4, 0.5) is 0 Å². The third-order valence-corrected chi connectivity index (χ3v) is 9.53. The first-order chi connectivity index (χ1) is 25.8. The van der Waals surface area contributed by atoms with E-state index in [4.69, 9.17) is 9.05 Å². The topological polar surface area (TPSA) is 148 Å². The Labute approximate surface area is 329 Å². The van der Waals surface area contributed by atoms with Gasteiger partial charge in [0, 0.05) is 6.42 Å². The van der Waals surface area contributed by atoms with E-state index in [2.05, 4.69) is 31.3 Å². The molecule has 0 radical (unpaired) electrons. The minimum atomic E-state index is -4.65. The Balaban J connectivity index is 4.78. The lowest BCUT2D eigenvalue weighted by atomic mass is 10.1. The molecule has 0 fully saturated rings. The van der Waals surface area contributed by atoms with Crippen LogP contribution >= 0.6 is 7.82 Å². The predicted octanol–water partition coefficient (Wildman–Crippen LogP) is 8.16. The number of amides is 1. The number of hydrogen-bond donors (Lipinski definition) is 4. The number of likely N-dealkylation sites (N-methyl/N-ethyl adjacent to an activating group) is 1. The average Bonchev–Trinajstić information content (AvgIpc) is 3.10. The first-order valence-electron chi connectivity index (χ1n) is 20.5. The van der Waals surface area contributed by atoms with Crippen molar-refractivity contribution in [2.45, 2.75) is 154 Å². The van der Waals surface area contributed by atoms with Crippen LogP contribution in [0, 0.1) is 0 Å². The van der Waals surface area contributed by atoms with Gasteiger partial charge in [0.1, 0.15) is 13.2 Å². The standard InChI is InChI=1S/C43H77N2O8P/c1-6-8-10-11-12-13-14-15-16-17-21-24-28-34-42(48)41(38-53-54(50,51)52-37-36-45(3,4)5)44-43(49)35-29-33-40(47)32-27-23-20-18-19-22-26-31-39(46)30-25-9-7-2/h10-11,19-20,22-23,26-28,31-32,34,39-42,46-48H,6-9,12-18,21,24-25,29-30,33,35-38H2,1-5H3,(H-,44,49,50,51)/b11-10-,22-19-,23-20-,31-26+,32-27+,34-28+/t39-,40-,41+,42-/m1/s1. The molecule has 54 heavy (non-hydrogen) atoms. The first kappa shape index (κ1) is 51.9. The maximum absolute atomic E-state index is 12.8. The summed E-state index contributed by atoms with van der Waals surface area (Å²) in [6, 6.07) is -1.00. The molecule has 0 bridgehead atoms. The number of quaternary nitrogens is 1. The number of phosphoric ester groups is 1. The fourth-order valence-corrected chi connectivity index (χ4v) is 5.91. The van der Waals surface area contributed by atoms with Crippen LogP contribution in [0.3, 0.4) is 0 Å². The van der Waals surface area contributed by atoms with Crippen LogP contribution in [0.2, 0.25) is 0 Å². The number of allylic oxidation sites excluding steroid dienone is 9. The molecular weight excluding hydrogens is 703 g/mol. The zero-order chi connectivity index (χ0) is 40.3. The molecule has 0 aliphatic rings. The van der Waals surface area contributed by atoms with Gasteiger partial charge in [-0.05, 0) is 57.8 Å². The largest absolute Gasteiger partial charge is 0.756 e. The van der Waals surface area contributed by atoms with Crippen molar-refractivity contribution in [3.05, 3.63) is 72.9 Å². The molecule has 0 aromatic carbocycles. The van der Waals surface area contributed by atoms with Crippen LogP contribution in [0.1, 0.15) is 129 Å². The highest BCUT2D eigenvalue weighted by molar-refractivity contribution is 7.45. The van der Waals surface area contributed by atoms with Crippen LogP contribution in [-0.4, -0.2) is 91.0 Å². The van der Waals surface area contributed by atoms with Crippen molar-refractivity contribution in [1.82, 2.24) is 5.32 Å². The number of rotatable bonds is 35. The quantitative estimate of drug-likeness (QED) is 0.0166. The smallest absolute Gasteiger partial charge is 0.268 e. The molecule has 10 nitrogen and oxygen atoms in total. The summed E-state index contributed by atoms with van der Waals surface area (Å²) in [4.78, 5) is 25.2. The molecule has 0 saturated heterocycles. The van der Waals surface area contributed by atoms with Crippen LogP contribution < -0.4 is 10.2 Å². The van der Waals surface area contributed by atoms with E-state index in [0.717, 1.165) is 64.2 Å². The van der Waals surface area contributed by atoms with Crippen LogP contribution in [-0.2, 0) is 18.4 Å². The summed E-state index contributed by atoms with van der Waals surface area (Å²) in [7, 11) is 1.09. The highest BCUT2D eigenvalue weighted by Gasteiger charge is 2.23. The van der Waals surface area contributed by atoms with Crippen molar-refractivity contribution in [2.24, 2.45) is 0 Å². The van der Waals surface area contributed by atoms with Crippen molar-refractivity contribution in [3.63, 3.8) is 0 Å². The molecule has 5 atom stereocenters. The summed E-state index contributed by atoms with van der Waals surface area (Å²) in [6.45, 7) is 4.26. The van der Waals surface area contributed by atoms with Crippen molar-refractivity contribution >= 4 is 13.7 Å². The van der Waals surface area contributed by atoms with Gasteiger partial charge in [-0.3, -0.25) is 9.36 Å². The minimum Gasteiger partial charge on any atom is -0.756 e. The molecule has 1 amide bonds. The van der Waals surface area contributed by atoms with Gasteiger partial charge in [0.25, 0.3) is 7.82 Å². The molecule has 0 aliphatic heterocycles. The predicted molar refractivity (Wildman–Crippen MR) is 222 cm³/mol. The van der Waals surface area contributed by atoms with E-state index in [1.807, 2.05) is 57.6 Å². The minimum absolute atomic E-state index is 0.0495. The number of unbranched alkanes of at least 4 members (excludes halogenated alkanes) is 10. The van der Waals surface area contributed by atoms with E-state index in [1.165, 1.54) is 25.7 Å². The summed E-state index contributed by atoms with van der Waals surface area (Å²) in [6.07, 6.45) is 37.2. The van der Waals surface area contributed by atoms with Gasteiger partial charge in [-0.2, -0.15) is 0 Å². The van der Waals surface area contributed by atoms with Gasteiger partial charge < -0.3 is 39.1 Å². The number of nitrogens with one attached hydrogen (secondary N) is 1. The van der Waals surface area contributed by atoms with Crippen LogP contribution in [0.25, 0.3) is 0 Å². The Hall–Kier alpha value is -2.14. The first-order valence-corrected chi connectivity index (χ1v) is 22.0. The third kappa shape index (κ3) is 35.6. The summed E-state index contributed by atoms with van der Waals surface area (Å²) in [5, 5.41) is 33.8. The van der Waals surface area contributed by atoms with Gasteiger partial charge in [0.2, 0.25) is 5.91 Å². The van der Waals surface area contributed by atoms with E-state index in [1.54, 1.807) is 24.3 Å². The highest BCUT2D eigenvalue weighted by atomic mass is 31.2. The maximum atomic E-state index is 12.8. The molecule has 0 aromatic heterocycles. The molecule has 0 rings (SSSR count). The van der Waals surface area contributed by atoms with Gasteiger partial charge in [-0.15, -0.1) is 0 Å². The van der Waals surface area contributed by atoms with Crippen molar-refractivity contribution in [3.8, 4) is 0 Å². The summed E-state index contributed by atoms with van der Waals surface area (Å²) >= 11 is 0. The molecule has 0 saturated carbocycles. The van der Waals surface area contributed by atoms with Crippen molar-refractivity contribution in [2.75, 3.05) is 40.9 Å². The Morgan fingerprint density at radius 2 is 1.28 bits per heavy atom. The van der Waals surface area contributed by atoms with Crippen molar-refractivity contribution < 1.29 is 43.1 Å². The Kier molecular flexibility index (Phi) is 32.8. The number of carbonyl (C=O) groups excluding carboxylic acids is 1. The number of carbonyl (C=O) groups is 1. The summed E-state index contributed by atoms with van der Waals surface area (Å²) < 4.78 is 23.0. The fourth-order valence-electron chi connectivity index (χ4n) is 5.19. The summed E-state index contributed by atoms with van der Waals surface area (Å²) in [5.41, 5.74) is 0. The molecule has 4 N–H and O–H groups in total. The zero-order valence-electron chi connectivity index (χ0n) is 34.4. The second-order valence-electron chi connectivity index (χ2n) is 15.0. The molecule has 0 spiro atoms. The Morgan fingerprint density at radius 3 is 1.87 bits per heavy atom. The average molecular weight is 781 g/mol. The van der Waals surface area contributed by atoms with Crippen LogP contribution in [0.15, 0.2) is 72.9 Å². The van der Waals surface area contributed by atoms with Gasteiger partial charge in [0.15, 0.2) is 0 Å². The van der Waals surface area contributed by atoms with Gasteiger partial charge in [-0.25, -0.2) is 0 Å². The number of phosphoric acid groups is 1. The number of aliphatic hydroxyl groups excluding tert-OH is 3. The number of nitrogens with zero attached hydrogens (tertiary/aromatic N) is 1. The molecule has 312 valence electrons. The molecule has 11 heteroatoms. The zero-order valence-corrected chi connectivity index (χ0v) is 35.3. The van der Waals surface area contributed by atoms with Crippen molar-refractivity contribution in [1.29, 1.82) is 0 Å². The van der Waals surface area contributed by atoms with E-state index >= 15 is 0 Å². The number of hydrogen-bond acceptors (Lipinski definition) is 8. The Bertz CT molecular complexity index is 1140. The maximum Gasteiger partial charge on any atom is 0.268 e. The normalized spacial score (nSPS) is 16.4. The molecule has 1 unspecified atom stereocenters. The fraction of sp³-hybridized carbons (Fsp3) is 0.698. The number of aliphatic hydroxyl groups is 3. The second-order valence-corrected chi connectivity index (χ2v) is 16.4. The van der Waals surface area contributed by atoms with Gasteiger partial charge in [0.05, 0.1) is 52.1 Å². The lowest BCUT2D eigenvalue weighted by molar-refractivity contribution is -0.870. The van der Waals surface area contributed by atoms with Gasteiger partial charge in [-0.1, -0.05) is 138 Å². The lowest BCUT2D eigenvalue weighted by Crippen LogP contribution is -2.45. The monoisotopic (exact) mass is 781 g/mol. The molecular formula is C43H77N2O8P. The van der Waals surface area contributed by atoms with Crippen LogP contribution in [0.5, 0.6) is 0 Å². The SMILES string of the molecule is CCC/C=C\CCCCCCCC/C=C/[C@@H](O)[C@H](COP(=O)([O-])OCC[N+](C)(C)C)NC(=O)CCC[C@H](O)/C=C/C=C\C/C=C\C=C\[C@H](O)CCCCC. The van der Waals surface area contributed by atoms with E-state index in [9.17, 15) is 29.6 Å². The summed E-state index contributed by atoms with van der Waals surface area (Å²) in [5.74, 6) is -0.381. The molecule has 0 heterocycles. The van der Waals surface area contributed by atoms with Gasteiger partial charge >= 0.3 is 0 Å². The third-order valence-electron chi connectivity index (χ3n) is 8.57. The highest BCUT2D eigenvalue weighted by Crippen LogP contribution is 2.38. The Morgan fingerprint density at radius 1 is 0.704 bits per heavy atom. The molecule has 0 aromatic rings. The second kappa shape index (κ2) is 34.1. The van der Waals surface area contributed by atoms with E-state index < -0.39 is 38.8 Å². The van der Waals surface area contributed by atoms with E-state index in [-0.39, 0.29) is 18.9 Å².